The van der Waals surface area contributed by atoms with Crippen LogP contribution in [-0.2, 0) is 27.3 Å². The average Bonchev–Trinajstić information content (AvgIpc) is 2.61. The molecular formula is C23H29NO5. The summed E-state index contributed by atoms with van der Waals surface area (Å²) in [5.74, 6) is -0.390. The van der Waals surface area contributed by atoms with Crippen molar-refractivity contribution in [1.29, 1.82) is 0 Å². The summed E-state index contributed by atoms with van der Waals surface area (Å²) in [6.45, 7) is 9.07. The van der Waals surface area contributed by atoms with Crippen molar-refractivity contribution in [3.8, 4) is 5.75 Å². The van der Waals surface area contributed by atoms with Crippen LogP contribution in [0.15, 0.2) is 42.5 Å². The van der Waals surface area contributed by atoms with Gasteiger partial charge in [-0.1, -0.05) is 30.3 Å². The van der Waals surface area contributed by atoms with Crippen LogP contribution < -0.4 is 5.32 Å². The van der Waals surface area contributed by atoms with E-state index in [2.05, 4.69) is 5.32 Å². The second kappa shape index (κ2) is 9.45. The standard InChI is InChI=1S/C23H29NO5/c1-15-11-18(25)12-16(2)19(15)13-20(24-22(27)29-23(3,4)5)21(26)28-14-17-9-7-6-8-10-17/h6-12,20,25H,13-14H2,1-5H3,(H,24,27). The zero-order valence-electron chi connectivity index (χ0n) is 17.6. The summed E-state index contributed by atoms with van der Waals surface area (Å²) in [6, 6.07) is 11.7. The molecule has 2 N–H and O–H groups in total. The van der Waals surface area contributed by atoms with E-state index < -0.39 is 23.7 Å². The van der Waals surface area contributed by atoms with Gasteiger partial charge in [-0.3, -0.25) is 0 Å². The average molecular weight is 399 g/mol. The Hall–Kier alpha value is -3.02. The summed E-state index contributed by atoms with van der Waals surface area (Å²) in [4.78, 5) is 25.1. The van der Waals surface area contributed by atoms with Gasteiger partial charge in [-0.15, -0.1) is 0 Å². The molecule has 0 aliphatic rings. The van der Waals surface area contributed by atoms with E-state index in [-0.39, 0.29) is 18.8 Å². The van der Waals surface area contributed by atoms with Crippen molar-refractivity contribution in [3.05, 3.63) is 64.7 Å². The van der Waals surface area contributed by atoms with Gasteiger partial charge in [0, 0.05) is 6.42 Å². The number of carbonyl (C=O) groups is 2. The fraction of sp³-hybridized carbons (Fsp3) is 0.391. The van der Waals surface area contributed by atoms with Gasteiger partial charge in [0.1, 0.15) is 24.0 Å². The van der Waals surface area contributed by atoms with Crippen LogP contribution in [0.3, 0.4) is 0 Å². The summed E-state index contributed by atoms with van der Waals surface area (Å²) in [5, 5.41) is 12.4. The lowest BCUT2D eigenvalue weighted by atomic mass is 9.96. The lowest BCUT2D eigenvalue weighted by molar-refractivity contribution is -0.147. The first-order valence-corrected chi connectivity index (χ1v) is 9.54. The molecule has 1 atom stereocenters. The Balaban J connectivity index is 2.18. The Labute approximate surface area is 171 Å². The molecular weight excluding hydrogens is 370 g/mol. The molecule has 0 spiro atoms. The molecule has 0 saturated carbocycles. The van der Waals surface area contributed by atoms with Crippen molar-refractivity contribution < 1.29 is 24.2 Å². The van der Waals surface area contributed by atoms with E-state index in [1.807, 2.05) is 44.2 Å². The van der Waals surface area contributed by atoms with Crippen LogP contribution in [0.25, 0.3) is 0 Å². The predicted molar refractivity (Wildman–Crippen MR) is 111 cm³/mol. The van der Waals surface area contributed by atoms with E-state index in [4.69, 9.17) is 9.47 Å². The van der Waals surface area contributed by atoms with Gasteiger partial charge in [-0.05, 0) is 69.0 Å². The first-order valence-electron chi connectivity index (χ1n) is 9.54. The molecule has 0 aliphatic carbocycles. The monoisotopic (exact) mass is 399 g/mol. The number of ether oxygens (including phenoxy) is 2. The van der Waals surface area contributed by atoms with Crippen LogP contribution in [0.2, 0.25) is 0 Å². The van der Waals surface area contributed by atoms with Crippen LogP contribution in [0.4, 0.5) is 4.79 Å². The van der Waals surface area contributed by atoms with E-state index in [1.165, 1.54) is 0 Å². The van der Waals surface area contributed by atoms with Gasteiger partial charge in [-0.2, -0.15) is 0 Å². The highest BCUT2D eigenvalue weighted by atomic mass is 16.6. The Kier molecular flexibility index (Phi) is 7.26. The van der Waals surface area contributed by atoms with Crippen LogP contribution in [0.5, 0.6) is 5.75 Å². The van der Waals surface area contributed by atoms with Gasteiger partial charge in [0.2, 0.25) is 0 Å². The summed E-state index contributed by atoms with van der Waals surface area (Å²) in [7, 11) is 0. The molecule has 6 nitrogen and oxygen atoms in total. The molecule has 1 amide bonds. The molecule has 0 radical (unpaired) electrons. The number of carbonyl (C=O) groups excluding carboxylic acids is 2. The minimum Gasteiger partial charge on any atom is -0.508 e. The zero-order chi connectivity index (χ0) is 21.6. The Morgan fingerprint density at radius 3 is 2.21 bits per heavy atom. The van der Waals surface area contributed by atoms with E-state index in [0.717, 1.165) is 22.3 Å². The number of aryl methyl sites for hydroxylation is 2. The van der Waals surface area contributed by atoms with Gasteiger partial charge < -0.3 is 19.9 Å². The number of phenols is 1. The van der Waals surface area contributed by atoms with Crippen molar-refractivity contribution in [3.63, 3.8) is 0 Å². The summed E-state index contributed by atoms with van der Waals surface area (Å²) in [5.41, 5.74) is 2.69. The maximum absolute atomic E-state index is 12.8. The molecule has 2 aromatic carbocycles. The van der Waals surface area contributed by atoms with Crippen LogP contribution in [0.1, 0.15) is 43.0 Å². The molecule has 0 saturated heterocycles. The van der Waals surface area contributed by atoms with Crippen molar-refractivity contribution in [2.75, 3.05) is 0 Å². The van der Waals surface area contributed by atoms with Gasteiger partial charge in [-0.25, -0.2) is 9.59 Å². The van der Waals surface area contributed by atoms with Crippen molar-refractivity contribution >= 4 is 12.1 Å². The number of amides is 1. The molecule has 0 heterocycles. The van der Waals surface area contributed by atoms with Gasteiger partial charge in [0.05, 0.1) is 0 Å². The first kappa shape index (κ1) is 22.3. The quantitative estimate of drug-likeness (QED) is 0.712. The fourth-order valence-corrected chi connectivity index (χ4v) is 2.97. The molecule has 0 aliphatic heterocycles. The van der Waals surface area contributed by atoms with E-state index in [0.29, 0.717) is 0 Å². The third-order valence-electron chi connectivity index (χ3n) is 4.29. The maximum atomic E-state index is 12.8. The summed E-state index contributed by atoms with van der Waals surface area (Å²) < 4.78 is 10.7. The van der Waals surface area contributed by atoms with Gasteiger partial charge in [0.25, 0.3) is 0 Å². The minimum atomic E-state index is -0.921. The number of alkyl carbamates (subject to hydrolysis) is 1. The number of hydrogen-bond donors (Lipinski definition) is 2. The number of aromatic hydroxyl groups is 1. The summed E-state index contributed by atoms with van der Waals surface area (Å²) >= 11 is 0. The SMILES string of the molecule is Cc1cc(O)cc(C)c1CC(NC(=O)OC(C)(C)C)C(=O)OCc1ccccc1. The molecule has 0 aromatic heterocycles. The molecule has 29 heavy (non-hydrogen) atoms. The molecule has 2 aromatic rings. The van der Waals surface area contributed by atoms with Crippen molar-refractivity contribution in [2.24, 2.45) is 0 Å². The Bertz CT molecular complexity index is 832. The third-order valence-corrected chi connectivity index (χ3v) is 4.29. The lowest BCUT2D eigenvalue weighted by Gasteiger charge is -2.24. The van der Waals surface area contributed by atoms with E-state index in [9.17, 15) is 14.7 Å². The number of phenolic OH excluding ortho intramolecular Hbond substituents is 1. The largest absolute Gasteiger partial charge is 0.508 e. The van der Waals surface area contributed by atoms with E-state index in [1.54, 1.807) is 32.9 Å². The minimum absolute atomic E-state index is 0.111. The molecule has 1 unspecified atom stereocenters. The third kappa shape index (κ3) is 7.14. The molecule has 6 heteroatoms. The normalized spacial score (nSPS) is 12.2. The smallest absolute Gasteiger partial charge is 0.408 e. The zero-order valence-corrected chi connectivity index (χ0v) is 17.6. The first-order chi connectivity index (χ1) is 13.5. The van der Waals surface area contributed by atoms with Crippen LogP contribution in [-0.4, -0.2) is 28.8 Å². The van der Waals surface area contributed by atoms with Gasteiger partial charge in [0.15, 0.2) is 0 Å². The predicted octanol–water partition coefficient (Wildman–Crippen LogP) is 4.19. The lowest BCUT2D eigenvalue weighted by Crippen LogP contribution is -2.45. The van der Waals surface area contributed by atoms with Crippen LogP contribution >= 0.6 is 0 Å². The molecule has 156 valence electrons. The Morgan fingerprint density at radius 2 is 1.66 bits per heavy atom. The number of nitrogens with one attached hydrogen (secondary N) is 1. The second-order valence-electron chi connectivity index (χ2n) is 8.05. The second-order valence-corrected chi connectivity index (χ2v) is 8.05. The number of esters is 1. The fourth-order valence-electron chi connectivity index (χ4n) is 2.97. The highest BCUT2D eigenvalue weighted by Gasteiger charge is 2.27. The highest BCUT2D eigenvalue weighted by molar-refractivity contribution is 5.82. The van der Waals surface area contributed by atoms with Gasteiger partial charge >= 0.3 is 12.1 Å². The highest BCUT2D eigenvalue weighted by Crippen LogP contribution is 2.22. The summed E-state index contributed by atoms with van der Waals surface area (Å²) in [6.07, 6.45) is -0.460. The van der Waals surface area contributed by atoms with Crippen molar-refractivity contribution in [1.82, 2.24) is 5.32 Å². The van der Waals surface area contributed by atoms with E-state index >= 15 is 0 Å². The molecule has 2 rings (SSSR count). The number of rotatable bonds is 6. The number of hydrogen-bond acceptors (Lipinski definition) is 5. The number of benzene rings is 2. The van der Waals surface area contributed by atoms with Crippen molar-refractivity contribution in [2.45, 2.75) is 59.3 Å². The molecule has 0 bridgehead atoms. The van der Waals surface area contributed by atoms with Crippen LogP contribution in [0, 0.1) is 13.8 Å². The Morgan fingerprint density at radius 1 is 1.07 bits per heavy atom. The maximum Gasteiger partial charge on any atom is 0.408 e. The molecule has 0 fully saturated rings. The topological polar surface area (TPSA) is 84.9 Å².